The van der Waals surface area contributed by atoms with E-state index in [-0.39, 0.29) is 54.2 Å². The Morgan fingerprint density at radius 2 is 1.00 bits per heavy atom. The maximum Gasteiger partial charge on any atom is 1.00 e. The van der Waals surface area contributed by atoms with E-state index in [2.05, 4.69) is 11.9 Å². The predicted molar refractivity (Wildman–Crippen MR) is 131 cm³/mol. The van der Waals surface area contributed by atoms with Crippen LogP contribution in [-0.4, -0.2) is 31.2 Å². The van der Waals surface area contributed by atoms with Gasteiger partial charge in [-0.1, -0.05) is 122 Å². The van der Waals surface area contributed by atoms with Crippen molar-refractivity contribution in [3.8, 4) is 0 Å². The van der Waals surface area contributed by atoms with Crippen LogP contribution in [0.1, 0.15) is 142 Å². The summed E-state index contributed by atoms with van der Waals surface area (Å²) in [6.45, 7) is 2.45. The van der Waals surface area contributed by atoms with Crippen molar-refractivity contribution in [2.75, 3.05) is 12.3 Å². The summed E-state index contributed by atoms with van der Waals surface area (Å²) in [5, 5.41) is 11.6. The van der Waals surface area contributed by atoms with Gasteiger partial charge in [0.2, 0.25) is 0 Å². The maximum atomic E-state index is 11.6. The number of nitrogens with zero attached hydrogens (tertiary/aromatic N) is 1. The molecule has 1 N–H and O–H groups in total. The zero-order valence-electron chi connectivity index (χ0n) is 21.3. The SMILES string of the molecule is CCCCCCCCCCCCCCCCCCCCCC([O-])=NCCCS(=O)(=O)O.[Na+]. The zero-order valence-corrected chi connectivity index (χ0v) is 24.1. The molecule has 0 unspecified atom stereocenters. The minimum Gasteiger partial charge on any atom is -0.862 e. The first-order valence-electron chi connectivity index (χ1n) is 13.1. The number of hydrogen-bond acceptors (Lipinski definition) is 4. The molecule has 5 nitrogen and oxygen atoms in total. The Hall–Kier alpha value is 0.380. The third kappa shape index (κ3) is 30.4. The van der Waals surface area contributed by atoms with Crippen LogP contribution in [-0.2, 0) is 10.1 Å². The summed E-state index contributed by atoms with van der Waals surface area (Å²) in [4.78, 5) is 3.83. The van der Waals surface area contributed by atoms with Crippen LogP contribution in [0, 0.1) is 0 Å². The van der Waals surface area contributed by atoms with Crippen molar-refractivity contribution < 1.29 is 47.6 Å². The van der Waals surface area contributed by atoms with Crippen LogP contribution >= 0.6 is 0 Å². The van der Waals surface area contributed by atoms with Gasteiger partial charge in [0.25, 0.3) is 10.1 Å². The van der Waals surface area contributed by atoms with Crippen LogP contribution in [0.5, 0.6) is 0 Å². The predicted octanol–water partition coefficient (Wildman–Crippen LogP) is 3.85. The Morgan fingerprint density at radius 3 is 1.34 bits per heavy atom. The standard InChI is InChI=1S/C25H51NO4S.Na/c1-2-3-4-5-6-7-8-9-10-11-12-13-14-15-16-17-18-19-20-22-25(27)26-23-21-24-31(28,29)30;/h2-24H2,1H3,(H,26,27)(H,28,29,30);/q;+1/p-1. The Morgan fingerprint density at radius 1 is 0.656 bits per heavy atom. The van der Waals surface area contributed by atoms with Gasteiger partial charge < -0.3 is 10.1 Å². The molecular weight excluding hydrogens is 433 g/mol. The van der Waals surface area contributed by atoms with Crippen LogP contribution in [0.25, 0.3) is 0 Å². The van der Waals surface area contributed by atoms with Gasteiger partial charge in [0.1, 0.15) is 0 Å². The van der Waals surface area contributed by atoms with Crippen molar-refractivity contribution in [3.05, 3.63) is 0 Å². The van der Waals surface area contributed by atoms with E-state index in [4.69, 9.17) is 4.55 Å². The van der Waals surface area contributed by atoms with E-state index in [1.165, 1.54) is 109 Å². The summed E-state index contributed by atoms with van der Waals surface area (Å²) in [5.74, 6) is -0.481. The molecule has 0 radical (unpaired) electrons. The Balaban J connectivity index is 0. The van der Waals surface area contributed by atoms with E-state index in [9.17, 15) is 13.5 Å². The first-order valence-corrected chi connectivity index (χ1v) is 14.7. The van der Waals surface area contributed by atoms with Crippen molar-refractivity contribution in [3.63, 3.8) is 0 Å². The average Bonchev–Trinajstić information content (AvgIpc) is 2.72. The molecule has 0 aromatic heterocycles. The van der Waals surface area contributed by atoms with Crippen molar-refractivity contribution in [2.45, 2.75) is 142 Å². The molecule has 7 heteroatoms. The van der Waals surface area contributed by atoms with Gasteiger partial charge in [-0.3, -0.25) is 4.55 Å². The van der Waals surface area contributed by atoms with E-state index < -0.39 is 10.1 Å². The molecule has 0 fully saturated rings. The molecule has 0 amide bonds. The Bertz CT molecular complexity index is 512. The number of aliphatic imine (C=N–C) groups is 1. The van der Waals surface area contributed by atoms with Gasteiger partial charge in [-0.25, -0.2) is 0 Å². The smallest absolute Gasteiger partial charge is 0.862 e. The molecule has 0 aromatic rings. The normalized spacial score (nSPS) is 12.1. The fraction of sp³-hybridized carbons (Fsp3) is 0.960. The number of unbranched alkanes of at least 4 members (excludes halogenated alkanes) is 18. The molecule has 0 saturated carbocycles. The second-order valence-electron chi connectivity index (χ2n) is 9.03. The Kier molecular flexibility index (Phi) is 28.1. The van der Waals surface area contributed by atoms with E-state index >= 15 is 0 Å². The number of rotatable bonds is 24. The van der Waals surface area contributed by atoms with Crippen LogP contribution < -0.4 is 34.7 Å². The molecule has 0 heterocycles. The summed E-state index contributed by atoms with van der Waals surface area (Å²) >= 11 is 0. The van der Waals surface area contributed by atoms with E-state index in [0.717, 1.165) is 12.8 Å². The fourth-order valence-electron chi connectivity index (χ4n) is 3.88. The third-order valence-corrected chi connectivity index (χ3v) is 6.65. The van der Waals surface area contributed by atoms with E-state index in [1.807, 2.05) is 0 Å². The molecule has 0 aliphatic carbocycles. The van der Waals surface area contributed by atoms with Gasteiger partial charge in [-0.2, -0.15) is 8.42 Å². The zero-order chi connectivity index (χ0) is 23.0. The summed E-state index contributed by atoms with van der Waals surface area (Å²) < 4.78 is 29.7. The molecule has 0 aromatic carbocycles. The summed E-state index contributed by atoms with van der Waals surface area (Å²) in [7, 11) is -3.94. The Labute approximate surface area is 221 Å². The first-order chi connectivity index (χ1) is 15.0. The minimum atomic E-state index is -3.94. The molecule has 0 bridgehead atoms. The van der Waals surface area contributed by atoms with Crippen molar-refractivity contribution >= 4 is 16.0 Å². The van der Waals surface area contributed by atoms with Crippen LogP contribution in [0.3, 0.4) is 0 Å². The number of hydrogen-bond donors (Lipinski definition) is 1. The summed E-state index contributed by atoms with van der Waals surface area (Å²) in [5.41, 5.74) is 0. The second kappa shape index (κ2) is 26.0. The molecule has 0 rings (SSSR count). The molecule has 0 aliphatic rings. The molecular formula is C25H50NNaO4S. The van der Waals surface area contributed by atoms with Crippen molar-refractivity contribution in [1.29, 1.82) is 0 Å². The molecule has 0 aliphatic heterocycles. The monoisotopic (exact) mass is 483 g/mol. The summed E-state index contributed by atoms with van der Waals surface area (Å²) in [6.07, 6.45) is 25.9. The first kappa shape index (κ1) is 34.5. The van der Waals surface area contributed by atoms with E-state index in [1.54, 1.807) is 0 Å². The molecule has 0 spiro atoms. The quantitative estimate of drug-likeness (QED) is 0.0742. The molecule has 32 heavy (non-hydrogen) atoms. The van der Waals surface area contributed by atoms with Crippen LogP contribution in [0.15, 0.2) is 4.99 Å². The van der Waals surface area contributed by atoms with Crippen molar-refractivity contribution in [1.82, 2.24) is 0 Å². The largest absolute Gasteiger partial charge is 1.00 e. The van der Waals surface area contributed by atoms with Gasteiger partial charge in [0, 0.05) is 6.54 Å². The van der Waals surface area contributed by atoms with Crippen molar-refractivity contribution in [2.24, 2.45) is 4.99 Å². The maximum absolute atomic E-state index is 11.6. The van der Waals surface area contributed by atoms with Gasteiger partial charge in [0.15, 0.2) is 0 Å². The molecule has 186 valence electrons. The minimum absolute atomic E-state index is 0. The van der Waals surface area contributed by atoms with Gasteiger partial charge in [-0.05, 0) is 25.2 Å². The topological polar surface area (TPSA) is 89.8 Å². The third-order valence-electron chi connectivity index (χ3n) is 5.84. The van der Waals surface area contributed by atoms with Gasteiger partial charge >= 0.3 is 29.6 Å². The van der Waals surface area contributed by atoms with Crippen LogP contribution in [0.4, 0.5) is 0 Å². The fourth-order valence-corrected chi connectivity index (χ4v) is 4.38. The van der Waals surface area contributed by atoms with Crippen LogP contribution in [0.2, 0.25) is 0 Å². The molecule has 0 saturated heterocycles. The second-order valence-corrected chi connectivity index (χ2v) is 10.6. The van der Waals surface area contributed by atoms with Gasteiger partial charge in [0.05, 0.1) is 5.75 Å². The van der Waals surface area contributed by atoms with E-state index in [0.29, 0.717) is 6.42 Å². The van der Waals surface area contributed by atoms with Gasteiger partial charge in [-0.15, -0.1) is 0 Å². The summed E-state index contributed by atoms with van der Waals surface area (Å²) in [6, 6.07) is 0. The molecule has 0 atom stereocenters. The average molecular weight is 484 g/mol.